The third-order valence-corrected chi connectivity index (χ3v) is 5.08. The van der Waals surface area contributed by atoms with E-state index in [0.717, 1.165) is 45.7 Å². The maximum absolute atomic E-state index is 12.2. The van der Waals surface area contributed by atoms with Crippen molar-refractivity contribution in [2.75, 3.05) is 26.0 Å². The standard InChI is InChI=1S/C24H23N5O2/c1-25-24(30)20-11-13-27-23-17(4-3-5-19(20)23)10-12-26-22-14-21(28-15-29-22)16-6-8-18(31-2)9-7-16/h3-9,11,13-15H,10,12H2,1-2H3,(H,25,30)(H,26,28,29). The second-order valence-electron chi connectivity index (χ2n) is 6.94. The summed E-state index contributed by atoms with van der Waals surface area (Å²) in [5.74, 6) is 1.44. The summed E-state index contributed by atoms with van der Waals surface area (Å²) in [6.07, 6.45) is 3.97. The van der Waals surface area contributed by atoms with E-state index < -0.39 is 0 Å². The molecule has 7 heteroatoms. The van der Waals surface area contributed by atoms with Crippen LogP contribution in [0.1, 0.15) is 15.9 Å². The maximum Gasteiger partial charge on any atom is 0.251 e. The molecule has 0 radical (unpaired) electrons. The maximum atomic E-state index is 12.2. The molecule has 2 heterocycles. The summed E-state index contributed by atoms with van der Waals surface area (Å²) in [5.41, 5.74) is 4.36. The molecule has 2 aromatic carbocycles. The first-order chi connectivity index (χ1) is 15.2. The fraction of sp³-hybridized carbons (Fsp3) is 0.167. The van der Waals surface area contributed by atoms with Crippen LogP contribution >= 0.6 is 0 Å². The number of amides is 1. The zero-order valence-electron chi connectivity index (χ0n) is 17.4. The summed E-state index contributed by atoms with van der Waals surface area (Å²) < 4.78 is 5.21. The highest BCUT2D eigenvalue weighted by molar-refractivity contribution is 6.06. The normalized spacial score (nSPS) is 10.6. The fourth-order valence-corrected chi connectivity index (χ4v) is 3.47. The molecule has 0 saturated carbocycles. The van der Waals surface area contributed by atoms with Crippen LogP contribution in [-0.4, -0.2) is 41.6 Å². The molecule has 156 valence electrons. The number of methoxy groups -OCH3 is 1. The van der Waals surface area contributed by atoms with Crippen LogP contribution in [0.4, 0.5) is 5.82 Å². The average molecular weight is 413 g/mol. The highest BCUT2D eigenvalue weighted by atomic mass is 16.5. The first-order valence-corrected chi connectivity index (χ1v) is 9.98. The summed E-state index contributed by atoms with van der Waals surface area (Å²) in [6, 6.07) is 17.3. The summed E-state index contributed by atoms with van der Waals surface area (Å²) in [5, 5.41) is 6.89. The molecular formula is C24H23N5O2. The lowest BCUT2D eigenvalue weighted by atomic mass is 10.0. The summed E-state index contributed by atoms with van der Waals surface area (Å²) in [7, 11) is 3.27. The third-order valence-electron chi connectivity index (χ3n) is 5.08. The number of anilines is 1. The van der Waals surface area contributed by atoms with Crippen LogP contribution in [0.3, 0.4) is 0 Å². The fourth-order valence-electron chi connectivity index (χ4n) is 3.47. The van der Waals surface area contributed by atoms with Crippen LogP contribution in [0.5, 0.6) is 5.75 Å². The predicted molar refractivity (Wildman–Crippen MR) is 121 cm³/mol. The van der Waals surface area contributed by atoms with E-state index in [1.165, 1.54) is 0 Å². The van der Waals surface area contributed by atoms with Gasteiger partial charge in [-0.25, -0.2) is 9.97 Å². The molecule has 0 unspecified atom stereocenters. The number of nitrogens with one attached hydrogen (secondary N) is 2. The Hall–Kier alpha value is -4.00. The lowest BCUT2D eigenvalue weighted by molar-refractivity contribution is 0.0964. The average Bonchev–Trinajstić information content (AvgIpc) is 2.83. The molecule has 2 N–H and O–H groups in total. The monoisotopic (exact) mass is 413 g/mol. The van der Waals surface area contributed by atoms with Gasteiger partial charge in [-0.2, -0.15) is 0 Å². The molecule has 4 aromatic rings. The van der Waals surface area contributed by atoms with Crippen molar-refractivity contribution in [1.29, 1.82) is 0 Å². The Kier molecular flexibility index (Phi) is 6.03. The van der Waals surface area contributed by atoms with Gasteiger partial charge in [-0.15, -0.1) is 0 Å². The van der Waals surface area contributed by atoms with Gasteiger partial charge in [-0.1, -0.05) is 18.2 Å². The molecule has 4 rings (SSSR count). The van der Waals surface area contributed by atoms with Crippen molar-refractivity contribution in [1.82, 2.24) is 20.3 Å². The van der Waals surface area contributed by atoms with E-state index in [1.807, 2.05) is 48.5 Å². The van der Waals surface area contributed by atoms with Gasteiger partial charge in [0, 0.05) is 36.8 Å². The molecule has 0 aliphatic heterocycles. The second-order valence-corrected chi connectivity index (χ2v) is 6.94. The zero-order chi connectivity index (χ0) is 21.6. The first kappa shape index (κ1) is 20.3. The second kappa shape index (κ2) is 9.21. The number of hydrogen-bond acceptors (Lipinski definition) is 6. The quantitative estimate of drug-likeness (QED) is 0.480. The van der Waals surface area contributed by atoms with Gasteiger partial charge < -0.3 is 15.4 Å². The number of rotatable bonds is 7. The van der Waals surface area contributed by atoms with Gasteiger partial charge in [0.15, 0.2) is 0 Å². The number of ether oxygens (including phenoxy) is 1. The van der Waals surface area contributed by atoms with Crippen LogP contribution in [0.15, 0.2) is 67.1 Å². The number of carbonyl (C=O) groups is 1. The number of pyridine rings is 1. The molecule has 0 bridgehead atoms. The van der Waals surface area contributed by atoms with Crippen LogP contribution in [-0.2, 0) is 6.42 Å². The lowest BCUT2D eigenvalue weighted by Crippen LogP contribution is -2.18. The first-order valence-electron chi connectivity index (χ1n) is 9.98. The van der Waals surface area contributed by atoms with E-state index >= 15 is 0 Å². The molecule has 31 heavy (non-hydrogen) atoms. The van der Waals surface area contributed by atoms with Crippen molar-refractivity contribution in [3.8, 4) is 17.0 Å². The van der Waals surface area contributed by atoms with E-state index in [9.17, 15) is 4.79 Å². The van der Waals surface area contributed by atoms with Crippen LogP contribution in [0.25, 0.3) is 22.2 Å². The van der Waals surface area contributed by atoms with Gasteiger partial charge >= 0.3 is 0 Å². The van der Waals surface area contributed by atoms with Gasteiger partial charge in [-0.05, 0) is 42.3 Å². The van der Waals surface area contributed by atoms with Gasteiger partial charge in [0.2, 0.25) is 0 Å². The Morgan fingerprint density at radius 2 is 1.87 bits per heavy atom. The van der Waals surface area contributed by atoms with E-state index in [0.29, 0.717) is 12.1 Å². The lowest BCUT2D eigenvalue weighted by Gasteiger charge is -2.10. The molecule has 2 aromatic heterocycles. The number of hydrogen-bond donors (Lipinski definition) is 2. The molecule has 1 amide bonds. The highest BCUT2D eigenvalue weighted by Crippen LogP contribution is 2.23. The molecule has 0 saturated heterocycles. The van der Waals surface area contributed by atoms with Crippen LogP contribution in [0, 0.1) is 0 Å². The smallest absolute Gasteiger partial charge is 0.251 e. The predicted octanol–water partition coefficient (Wildman–Crippen LogP) is 3.71. The van der Waals surface area contributed by atoms with Crippen molar-refractivity contribution in [3.05, 3.63) is 78.2 Å². The Balaban J connectivity index is 1.48. The molecule has 0 spiro atoms. The Bertz CT molecular complexity index is 1210. The van der Waals surface area contributed by atoms with Crippen molar-refractivity contribution in [2.24, 2.45) is 0 Å². The van der Waals surface area contributed by atoms with Crippen molar-refractivity contribution >= 4 is 22.6 Å². The summed E-state index contributed by atoms with van der Waals surface area (Å²) in [6.45, 7) is 0.671. The molecule has 0 aliphatic rings. The van der Waals surface area contributed by atoms with Crippen molar-refractivity contribution in [3.63, 3.8) is 0 Å². The van der Waals surface area contributed by atoms with Crippen LogP contribution < -0.4 is 15.4 Å². The van der Waals surface area contributed by atoms with E-state index in [2.05, 4.69) is 25.6 Å². The van der Waals surface area contributed by atoms with Crippen LogP contribution in [0.2, 0.25) is 0 Å². The number of aromatic nitrogens is 3. The molecular weight excluding hydrogens is 390 g/mol. The minimum absolute atomic E-state index is 0.116. The number of benzene rings is 2. The molecule has 0 atom stereocenters. The van der Waals surface area contributed by atoms with Gasteiger partial charge in [0.1, 0.15) is 17.9 Å². The van der Waals surface area contributed by atoms with E-state index in [4.69, 9.17) is 4.74 Å². The van der Waals surface area contributed by atoms with Gasteiger partial charge in [0.05, 0.1) is 23.9 Å². The minimum Gasteiger partial charge on any atom is -0.497 e. The SMILES string of the molecule is CNC(=O)c1ccnc2c(CCNc3cc(-c4ccc(OC)cc4)ncn3)cccc12. The third kappa shape index (κ3) is 4.45. The minimum atomic E-state index is -0.116. The van der Waals surface area contributed by atoms with E-state index in [1.54, 1.807) is 32.7 Å². The Morgan fingerprint density at radius 1 is 1.03 bits per heavy atom. The largest absolute Gasteiger partial charge is 0.497 e. The molecule has 0 aliphatic carbocycles. The zero-order valence-corrected chi connectivity index (χ0v) is 17.4. The number of carbonyl (C=O) groups excluding carboxylic acids is 1. The summed E-state index contributed by atoms with van der Waals surface area (Å²) in [4.78, 5) is 25.4. The number of para-hydroxylation sites is 1. The summed E-state index contributed by atoms with van der Waals surface area (Å²) >= 11 is 0. The van der Waals surface area contributed by atoms with Gasteiger partial charge in [-0.3, -0.25) is 9.78 Å². The molecule has 0 fully saturated rings. The Labute approximate surface area is 180 Å². The van der Waals surface area contributed by atoms with E-state index in [-0.39, 0.29) is 5.91 Å². The van der Waals surface area contributed by atoms with Crippen molar-refractivity contribution < 1.29 is 9.53 Å². The Morgan fingerprint density at radius 3 is 2.65 bits per heavy atom. The molecule has 7 nitrogen and oxygen atoms in total. The number of nitrogens with zero attached hydrogens (tertiary/aromatic N) is 3. The highest BCUT2D eigenvalue weighted by Gasteiger charge is 2.11. The number of fused-ring (bicyclic) bond motifs is 1. The topological polar surface area (TPSA) is 89.0 Å². The van der Waals surface area contributed by atoms with Crippen molar-refractivity contribution in [2.45, 2.75) is 6.42 Å². The van der Waals surface area contributed by atoms with Gasteiger partial charge in [0.25, 0.3) is 5.91 Å².